The Hall–Kier alpha value is -0.830. The Labute approximate surface area is 97.5 Å². The van der Waals surface area contributed by atoms with Gasteiger partial charge in [0.15, 0.2) is 0 Å². The Morgan fingerprint density at radius 3 is 2.69 bits per heavy atom. The van der Waals surface area contributed by atoms with Crippen LogP contribution >= 0.6 is 0 Å². The number of aliphatic hydroxyl groups is 1. The topological polar surface area (TPSA) is 38.0 Å². The summed E-state index contributed by atoms with van der Waals surface area (Å²) in [6, 6.07) is 2.03. The van der Waals surface area contributed by atoms with Gasteiger partial charge in [-0.05, 0) is 43.6 Å². The maximum atomic E-state index is 10.7. The van der Waals surface area contributed by atoms with E-state index in [4.69, 9.17) is 0 Å². The van der Waals surface area contributed by atoms with E-state index in [-0.39, 0.29) is 5.41 Å². The number of hydrogen-bond donors (Lipinski definition) is 1. The molecule has 1 saturated carbocycles. The van der Waals surface area contributed by atoms with Crippen molar-refractivity contribution in [3.8, 4) is 0 Å². The van der Waals surface area contributed by atoms with Crippen LogP contribution in [0.3, 0.4) is 0 Å². The van der Waals surface area contributed by atoms with Crippen LogP contribution in [-0.4, -0.2) is 20.5 Å². The third-order valence-corrected chi connectivity index (χ3v) is 4.37. The molecule has 1 heterocycles. The molecule has 1 aromatic heterocycles. The maximum Gasteiger partial charge on any atom is 0.0702 e. The van der Waals surface area contributed by atoms with Gasteiger partial charge in [-0.1, -0.05) is 13.8 Å². The zero-order chi connectivity index (χ0) is 11.8. The van der Waals surface area contributed by atoms with Crippen molar-refractivity contribution in [1.29, 1.82) is 0 Å². The minimum atomic E-state index is -0.489. The predicted molar refractivity (Wildman–Crippen MR) is 64.1 cm³/mol. The van der Waals surface area contributed by atoms with E-state index >= 15 is 0 Å². The van der Waals surface area contributed by atoms with Crippen molar-refractivity contribution < 1.29 is 5.11 Å². The SMILES string of the molecule is Cn1nccc1CCC1(O)CCCC1(C)C. The van der Waals surface area contributed by atoms with E-state index in [1.807, 2.05) is 24.0 Å². The molecule has 1 aromatic rings. The Bertz CT molecular complexity index is 370. The van der Waals surface area contributed by atoms with Crippen LogP contribution in [0.15, 0.2) is 12.3 Å². The number of aryl methyl sites for hydroxylation is 2. The quantitative estimate of drug-likeness (QED) is 0.852. The fraction of sp³-hybridized carbons (Fsp3) is 0.769. The first kappa shape index (κ1) is 11.6. The zero-order valence-electron chi connectivity index (χ0n) is 10.5. The second-order valence-electron chi connectivity index (χ2n) is 5.72. The molecule has 0 saturated heterocycles. The number of hydrogen-bond acceptors (Lipinski definition) is 2. The van der Waals surface area contributed by atoms with Gasteiger partial charge < -0.3 is 5.11 Å². The van der Waals surface area contributed by atoms with Crippen LogP contribution in [0.2, 0.25) is 0 Å². The molecule has 1 N–H and O–H groups in total. The Morgan fingerprint density at radius 1 is 1.44 bits per heavy atom. The predicted octanol–water partition coefficient (Wildman–Crippen LogP) is 2.29. The Kier molecular flexibility index (Phi) is 2.82. The summed E-state index contributed by atoms with van der Waals surface area (Å²) in [5.41, 5.74) is 0.777. The van der Waals surface area contributed by atoms with Crippen LogP contribution in [-0.2, 0) is 13.5 Å². The molecule has 3 nitrogen and oxygen atoms in total. The van der Waals surface area contributed by atoms with E-state index in [1.54, 1.807) is 0 Å². The van der Waals surface area contributed by atoms with Crippen molar-refractivity contribution in [2.75, 3.05) is 0 Å². The lowest BCUT2D eigenvalue weighted by molar-refractivity contribution is -0.0493. The van der Waals surface area contributed by atoms with Gasteiger partial charge in [-0.15, -0.1) is 0 Å². The molecule has 0 bridgehead atoms. The molecule has 3 heteroatoms. The van der Waals surface area contributed by atoms with Crippen LogP contribution in [0, 0.1) is 5.41 Å². The Balaban J connectivity index is 2.03. The minimum Gasteiger partial charge on any atom is -0.389 e. The fourth-order valence-corrected chi connectivity index (χ4v) is 2.84. The zero-order valence-corrected chi connectivity index (χ0v) is 10.5. The van der Waals surface area contributed by atoms with E-state index in [2.05, 4.69) is 18.9 Å². The first-order valence-electron chi connectivity index (χ1n) is 6.14. The highest BCUT2D eigenvalue weighted by molar-refractivity contribution is 5.05. The van der Waals surface area contributed by atoms with E-state index in [1.165, 1.54) is 5.69 Å². The molecule has 16 heavy (non-hydrogen) atoms. The largest absolute Gasteiger partial charge is 0.389 e. The van der Waals surface area contributed by atoms with Gasteiger partial charge in [0.2, 0.25) is 0 Å². The molecule has 0 aliphatic heterocycles. The van der Waals surface area contributed by atoms with Crippen molar-refractivity contribution in [1.82, 2.24) is 9.78 Å². The van der Waals surface area contributed by atoms with E-state index < -0.39 is 5.60 Å². The summed E-state index contributed by atoms with van der Waals surface area (Å²) >= 11 is 0. The standard InChI is InChI=1S/C13H22N2O/c1-12(2)7-4-8-13(12,16)9-5-11-6-10-14-15(11)3/h6,10,16H,4-5,7-9H2,1-3H3. The number of rotatable bonds is 3. The smallest absolute Gasteiger partial charge is 0.0702 e. The van der Waals surface area contributed by atoms with Crippen LogP contribution in [0.5, 0.6) is 0 Å². The van der Waals surface area contributed by atoms with Gasteiger partial charge in [-0.2, -0.15) is 5.10 Å². The lowest BCUT2D eigenvalue weighted by Crippen LogP contribution is -2.40. The lowest BCUT2D eigenvalue weighted by Gasteiger charge is -2.37. The molecule has 1 unspecified atom stereocenters. The highest BCUT2D eigenvalue weighted by atomic mass is 16.3. The number of aromatic nitrogens is 2. The molecule has 0 aromatic carbocycles. The van der Waals surface area contributed by atoms with Crippen molar-refractivity contribution in [3.63, 3.8) is 0 Å². The molecular formula is C13H22N2O. The normalized spacial score (nSPS) is 28.5. The van der Waals surface area contributed by atoms with Crippen molar-refractivity contribution in [3.05, 3.63) is 18.0 Å². The van der Waals surface area contributed by atoms with Gasteiger partial charge >= 0.3 is 0 Å². The molecule has 1 aliphatic carbocycles. The molecule has 0 radical (unpaired) electrons. The summed E-state index contributed by atoms with van der Waals surface area (Å²) in [6.07, 6.45) is 6.80. The van der Waals surface area contributed by atoms with Crippen LogP contribution < -0.4 is 0 Å². The molecule has 1 fully saturated rings. The molecule has 1 aliphatic rings. The van der Waals surface area contributed by atoms with Crippen LogP contribution in [0.4, 0.5) is 0 Å². The van der Waals surface area contributed by atoms with Crippen LogP contribution in [0.25, 0.3) is 0 Å². The number of nitrogens with zero attached hydrogens (tertiary/aromatic N) is 2. The van der Waals surface area contributed by atoms with Crippen molar-refractivity contribution in [2.24, 2.45) is 12.5 Å². The van der Waals surface area contributed by atoms with Gasteiger partial charge in [-0.25, -0.2) is 0 Å². The lowest BCUT2D eigenvalue weighted by atomic mass is 9.75. The third kappa shape index (κ3) is 1.88. The molecular weight excluding hydrogens is 200 g/mol. The van der Waals surface area contributed by atoms with Gasteiger partial charge in [-0.3, -0.25) is 4.68 Å². The molecule has 1 atom stereocenters. The van der Waals surface area contributed by atoms with Gasteiger partial charge in [0.25, 0.3) is 0 Å². The second-order valence-corrected chi connectivity index (χ2v) is 5.72. The van der Waals surface area contributed by atoms with Crippen molar-refractivity contribution >= 4 is 0 Å². The highest BCUT2D eigenvalue weighted by Crippen LogP contribution is 2.48. The van der Waals surface area contributed by atoms with Gasteiger partial charge in [0, 0.05) is 18.9 Å². The van der Waals surface area contributed by atoms with Gasteiger partial charge in [0.1, 0.15) is 0 Å². The monoisotopic (exact) mass is 222 g/mol. The van der Waals surface area contributed by atoms with E-state index in [0.717, 1.165) is 32.1 Å². The highest BCUT2D eigenvalue weighted by Gasteiger charge is 2.46. The second kappa shape index (κ2) is 3.88. The van der Waals surface area contributed by atoms with E-state index in [0.29, 0.717) is 0 Å². The first-order chi connectivity index (χ1) is 7.45. The fourth-order valence-electron chi connectivity index (χ4n) is 2.84. The summed E-state index contributed by atoms with van der Waals surface area (Å²) in [7, 11) is 1.96. The summed E-state index contributed by atoms with van der Waals surface area (Å²) in [6.45, 7) is 4.37. The summed E-state index contributed by atoms with van der Waals surface area (Å²) in [5.74, 6) is 0. The van der Waals surface area contributed by atoms with E-state index in [9.17, 15) is 5.11 Å². The maximum absolute atomic E-state index is 10.7. The summed E-state index contributed by atoms with van der Waals surface area (Å²) < 4.78 is 1.89. The average Bonchev–Trinajstić information content (AvgIpc) is 2.70. The van der Waals surface area contributed by atoms with Gasteiger partial charge in [0.05, 0.1) is 5.60 Å². The summed E-state index contributed by atoms with van der Waals surface area (Å²) in [4.78, 5) is 0. The Morgan fingerprint density at radius 2 is 2.19 bits per heavy atom. The third-order valence-electron chi connectivity index (χ3n) is 4.37. The van der Waals surface area contributed by atoms with Crippen molar-refractivity contribution in [2.45, 2.75) is 51.6 Å². The minimum absolute atomic E-state index is 0.0611. The molecule has 2 rings (SSSR count). The summed E-state index contributed by atoms with van der Waals surface area (Å²) in [5, 5.41) is 14.8. The molecule has 0 spiro atoms. The average molecular weight is 222 g/mol. The molecule has 0 amide bonds. The van der Waals surface area contributed by atoms with Crippen LogP contribution in [0.1, 0.15) is 45.2 Å². The molecule has 90 valence electrons. The first-order valence-corrected chi connectivity index (χ1v) is 6.14.